The van der Waals surface area contributed by atoms with E-state index in [1.807, 2.05) is 38.1 Å². The molecule has 0 radical (unpaired) electrons. The van der Waals surface area contributed by atoms with E-state index in [9.17, 15) is 14.0 Å². The van der Waals surface area contributed by atoms with Crippen LogP contribution in [0, 0.1) is 11.2 Å². The SMILES string of the molecule is CC1(C)CC(=O)C2=C(C1)N(c1ccc(F)cc1)C(=O)CC2c1ccc(Br)cc1. The van der Waals surface area contributed by atoms with Gasteiger partial charge in [-0.15, -0.1) is 0 Å². The predicted octanol–water partition coefficient (Wildman–Crippen LogP) is 5.75. The summed E-state index contributed by atoms with van der Waals surface area (Å²) in [5.74, 6) is -0.561. The Kier molecular flexibility index (Phi) is 4.74. The number of amides is 1. The minimum Gasteiger partial charge on any atom is -0.294 e. The molecule has 0 fully saturated rings. The van der Waals surface area contributed by atoms with Crippen LogP contribution in [0.4, 0.5) is 10.1 Å². The Hall–Kier alpha value is -2.27. The molecule has 0 N–H and O–H groups in total. The maximum absolute atomic E-state index is 13.4. The minimum absolute atomic E-state index is 0.0659. The summed E-state index contributed by atoms with van der Waals surface area (Å²) in [6.45, 7) is 4.09. The molecule has 1 aliphatic carbocycles. The molecular weight excluding hydrogens is 421 g/mol. The average Bonchev–Trinajstić information content (AvgIpc) is 2.62. The molecule has 1 heterocycles. The van der Waals surface area contributed by atoms with Gasteiger partial charge in [-0.25, -0.2) is 4.39 Å². The van der Waals surface area contributed by atoms with Gasteiger partial charge in [0.1, 0.15) is 5.82 Å². The highest BCUT2D eigenvalue weighted by atomic mass is 79.9. The number of benzene rings is 2. The first-order valence-electron chi connectivity index (χ1n) is 9.35. The summed E-state index contributed by atoms with van der Waals surface area (Å²) in [6, 6.07) is 13.7. The van der Waals surface area contributed by atoms with Gasteiger partial charge in [0.2, 0.25) is 5.91 Å². The Bertz CT molecular complexity index is 977. The molecule has 1 amide bonds. The number of hydrogen-bond donors (Lipinski definition) is 0. The second-order valence-electron chi connectivity index (χ2n) is 8.32. The summed E-state index contributed by atoms with van der Waals surface area (Å²) >= 11 is 3.44. The van der Waals surface area contributed by atoms with Crippen LogP contribution >= 0.6 is 15.9 Å². The van der Waals surface area contributed by atoms with E-state index in [2.05, 4.69) is 15.9 Å². The topological polar surface area (TPSA) is 37.4 Å². The van der Waals surface area contributed by atoms with Crippen molar-refractivity contribution < 1.29 is 14.0 Å². The number of allylic oxidation sites excluding steroid dienone is 2. The van der Waals surface area contributed by atoms with Crippen LogP contribution in [0.1, 0.15) is 44.6 Å². The zero-order valence-corrected chi connectivity index (χ0v) is 17.4. The van der Waals surface area contributed by atoms with E-state index in [0.717, 1.165) is 21.3 Å². The van der Waals surface area contributed by atoms with Crippen LogP contribution in [0.15, 0.2) is 64.3 Å². The van der Waals surface area contributed by atoms with Crippen LogP contribution in [-0.4, -0.2) is 11.7 Å². The summed E-state index contributed by atoms with van der Waals surface area (Å²) in [6.07, 6.45) is 1.32. The van der Waals surface area contributed by atoms with Crippen LogP contribution in [0.5, 0.6) is 0 Å². The van der Waals surface area contributed by atoms with Crippen molar-refractivity contribution in [1.82, 2.24) is 0 Å². The Labute approximate surface area is 172 Å². The Morgan fingerprint density at radius 2 is 1.64 bits per heavy atom. The molecule has 1 aliphatic heterocycles. The van der Waals surface area contributed by atoms with Gasteiger partial charge in [-0.05, 0) is 53.8 Å². The molecule has 0 saturated heterocycles. The van der Waals surface area contributed by atoms with E-state index in [1.165, 1.54) is 12.1 Å². The van der Waals surface area contributed by atoms with Gasteiger partial charge in [0.25, 0.3) is 0 Å². The van der Waals surface area contributed by atoms with Crippen molar-refractivity contribution in [2.75, 3.05) is 4.90 Å². The molecule has 5 heteroatoms. The van der Waals surface area contributed by atoms with E-state index < -0.39 is 0 Å². The summed E-state index contributed by atoms with van der Waals surface area (Å²) in [5, 5.41) is 0. The number of halogens is 2. The lowest BCUT2D eigenvalue weighted by Gasteiger charge is -2.43. The van der Waals surface area contributed by atoms with Gasteiger partial charge in [0.05, 0.1) is 0 Å². The number of anilines is 1. The Morgan fingerprint density at radius 1 is 1.00 bits per heavy atom. The molecule has 4 rings (SSSR count). The zero-order valence-electron chi connectivity index (χ0n) is 15.8. The van der Waals surface area contributed by atoms with Gasteiger partial charge in [0.15, 0.2) is 5.78 Å². The largest absolute Gasteiger partial charge is 0.294 e. The summed E-state index contributed by atoms with van der Waals surface area (Å²) < 4.78 is 14.4. The molecule has 2 aliphatic rings. The number of carbonyl (C=O) groups excluding carboxylic acids is 2. The monoisotopic (exact) mass is 441 g/mol. The molecule has 2 aromatic carbocycles. The molecule has 0 bridgehead atoms. The summed E-state index contributed by atoms with van der Waals surface area (Å²) in [5.41, 5.74) is 2.84. The minimum atomic E-state index is -0.352. The summed E-state index contributed by atoms with van der Waals surface area (Å²) in [7, 11) is 0. The highest BCUT2D eigenvalue weighted by Gasteiger charge is 2.44. The number of rotatable bonds is 2. The Morgan fingerprint density at radius 3 is 2.29 bits per heavy atom. The van der Waals surface area contributed by atoms with Crippen LogP contribution in [-0.2, 0) is 9.59 Å². The molecule has 1 atom stereocenters. The first kappa shape index (κ1) is 19.1. The molecule has 3 nitrogen and oxygen atoms in total. The zero-order chi connectivity index (χ0) is 20.1. The molecular formula is C23H21BrFNO2. The second-order valence-corrected chi connectivity index (χ2v) is 9.23. The molecule has 0 spiro atoms. The van der Waals surface area contributed by atoms with Crippen molar-refractivity contribution >= 4 is 33.3 Å². The van der Waals surface area contributed by atoms with E-state index in [0.29, 0.717) is 18.5 Å². The quantitative estimate of drug-likeness (QED) is 0.594. The highest BCUT2D eigenvalue weighted by Crippen LogP contribution is 2.48. The molecule has 28 heavy (non-hydrogen) atoms. The van der Waals surface area contributed by atoms with Crippen molar-refractivity contribution in [2.24, 2.45) is 5.41 Å². The van der Waals surface area contributed by atoms with Crippen LogP contribution < -0.4 is 4.90 Å². The average molecular weight is 442 g/mol. The van der Waals surface area contributed by atoms with Crippen molar-refractivity contribution in [3.63, 3.8) is 0 Å². The fraction of sp³-hybridized carbons (Fsp3) is 0.304. The summed E-state index contributed by atoms with van der Waals surface area (Å²) in [4.78, 5) is 28.0. The third kappa shape index (κ3) is 3.44. The molecule has 0 aromatic heterocycles. The first-order valence-corrected chi connectivity index (χ1v) is 10.1. The van der Waals surface area contributed by atoms with Gasteiger partial charge in [-0.2, -0.15) is 0 Å². The lowest BCUT2D eigenvalue weighted by atomic mass is 9.69. The number of carbonyl (C=O) groups is 2. The molecule has 1 unspecified atom stereocenters. The molecule has 144 valence electrons. The van der Waals surface area contributed by atoms with E-state index in [1.54, 1.807) is 17.0 Å². The standard InChI is InChI=1S/C23H21BrFNO2/c1-23(2)12-19-22(20(27)13-23)18(14-3-5-15(24)6-4-14)11-21(28)26(19)17-9-7-16(25)8-10-17/h3-10,18H,11-13H2,1-2H3. The number of ketones is 1. The Balaban J connectivity index is 1.88. The normalized spacial score (nSPS) is 21.7. The smallest absolute Gasteiger partial charge is 0.232 e. The molecule has 0 saturated carbocycles. The maximum atomic E-state index is 13.4. The van der Waals surface area contributed by atoms with Crippen LogP contribution in [0.3, 0.4) is 0 Å². The second kappa shape index (κ2) is 6.96. The lowest BCUT2D eigenvalue weighted by molar-refractivity contribution is -0.121. The van der Waals surface area contributed by atoms with E-state index >= 15 is 0 Å². The fourth-order valence-electron chi connectivity index (χ4n) is 4.28. The third-order valence-corrected chi connectivity index (χ3v) is 6.03. The van der Waals surface area contributed by atoms with Crippen LogP contribution in [0.2, 0.25) is 0 Å². The van der Waals surface area contributed by atoms with Crippen molar-refractivity contribution in [1.29, 1.82) is 0 Å². The van der Waals surface area contributed by atoms with Crippen molar-refractivity contribution in [3.8, 4) is 0 Å². The number of hydrogen-bond acceptors (Lipinski definition) is 2. The fourth-order valence-corrected chi connectivity index (χ4v) is 4.55. The van der Waals surface area contributed by atoms with Gasteiger partial charge in [0, 0.05) is 40.2 Å². The van der Waals surface area contributed by atoms with Crippen molar-refractivity contribution in [2.45, 2.75) is 39.0 Å². The number of nitrogens with zero attached hydrogens (tertiary/aromatic N) is 1. The maximum Gasteiger partial charge on any atom is 0.232 e. The van der Waals surface area contributed by atoms with Crippen molar-refractivity contribution in [3.05, 3.63) is 75.7 Å². The lowest BCUT2D eigenvalue weighted by Crippen LogP contribution is -2.43. The third-order valence-electron chi connectivity index (χ3n) is 5.50. The van der Waals surface area contributed by atoms with Crippen LogP contribution in [0.25, 0.3) is 0 Å². The first-order chi connectivity index (χ1) is 13.2. The molecule has 2 aromatic rings. The van der Waals surface area contributed by atoms with E-state index in [4.69, 9.17) is 0 Å². The number of Topliss-reactive ketones (excluding diaryl/α,β-unsaturated/α-hetero) is 1. The van der Waals surface area contributed by atoms with Gasteiger partial charge in [-0.1, -0.05) is 41.9 Å². The predicted molar refractivity (Wildman–Crippen MR) is 110 cm³/mol. The van der Waals surface area contributed by atoms with Gasteiger partial charge < -0.3 is 0 Å². The van der Waals surface area contributed by atoms with E-state index in [-0.39, 0.29) is 35.3 Å². The highest BCUT2D eigenvalue weighted by molar-refractivity contribution is 9.10. The van der Waals surface area contributed by atoms with Gasteiger partial charge >= 0.3 is 0 Å². The van der Waals surface area contributed by atoms with Gasteiger partial charge in [-0.3, -0.25) is 14.5 Å².